The van der Waals surface area contributed by atoms with Crippen LogP contribution < -0.4 is 20.1 Å². The fourth-order valence-electron chi connectivity index (χ4n) is 2.24. The average Bonchev–Trinajstić information content (AvgIpc) is 2.71. The Balaban J connectivity index is 1.56. The lowest BCUT2D eigenvalue weighted by atomic mass is 10.2. The van der Waals surface area contributed by atoms with Crippen molar-refractivity contribution in [2.75, 3.05) is 26.3 Å². The second-order valence-corrected chi connectivity index (χ2v) is 6.61. The van der Waals surface area contributed by atoms with Gasteiger partial charge in [0.15, 0.2) is 13.2 Å². The summed E-state index contributed by atoms with van der Waals surface area (Å²) in [6.45, 7) is -0.545. The summed E-state index contributed by atoms with van der Waals surface area (Å²) >= 11 is 5.56. The summed E-state index contributed by atoms with van der Waals surface area (Å²) in [7, 11) is 0. The molecule has 0 saturated heterocycles. The highest BCUT2D eigenvalue weighted by atomic mass is 35.5. The Morgan fingerprint density at radius 3 is 2.33 bits per heavy atom. The van der Waals surface area contributed by atoms with Crippen LogP contribution in [0.5, 0.6) is 11.5 Å². The molecule has 2 rings (SSSR count). The molecule has 2 aromatic rings. The summed E-state index contributed by atoms with van der Waals surface area (Å²) in [5, 5.41) is 14.8. The van der Waals surface area contributed by atoms with Crippen LogP contribution in [0, 0.1) is 11.6 Å². The Bertz CT molecular complexity index is 869. The number of aliphatic hydroxyl groups is 1. The van der Waals surface area contributed by atoms with Crippen molar-refractivity contribution in [3.63, 3.8) is 0 Å². The SMILES string of the molecule is O=C(COc1ccc(Cl)c(F)c1)NCC[C@H](O)CNC(=O)COc1cccc(F)c1. The molecule has 162 valence electrons. The van der Waals surface area contributed by atoms with Crippen LogP contribution in [-0.4, -0.2) is 49.3 Å². The summed E-state index contributed by atoms with van der Waals surface area (Å²) in [6, 6.07) is 9.20. The van der Waals surface area contributed by atoms with Crippen molar-refractivity contribution in [1.82, 2.24) is 10.6 Å². The van der Waals surface area contributed by atoms with E-state index in [-0.39, 0.29) is 49.2 Å². The van der Waals surface area contributed by atoms with E-state index in [2.05, 4.69) is 10.6 Å². The van der Waals surface area contributed by atoms with Gasteiger partial charge in [-0.1, -0.05) is 17.7 Å². The Kier molecular flexibility index (Phi) is 9.30. The molecular weight excluding hydrogens is 422 g/mol. The van der Waals surface area contributed by atoms with E-state index in [1.807, 2.05) is 0 Å². The van der Waals surface area contributed by atoms with Gasteiger partial charge in [-0.2, -0.15) is 0 Å². The smallest absolute Gasteiger partial charge is 0.258 e. The monoisotopic (exact) mass is 442 g/mol. The van der Waals surface area contributed by atoms with Crippen molar-refractivity contribution in [3.05, 3.63) is 59.1 Å². The van der Waals surface area contributed by atoms with Crippen LogP contribution in [0.4, 0.5) is 8.78 Å². The number of amides is 2. The Morgan fingerprint density at radius 1 is 1.00 bits per heavy atom. The van der Waals surface area contributed by atoms with Gasteiger partial charge in [-0.15, -0.1) is 0 Å². The minimum absolute atomic E-state index is 0.0399. The summed E-state index contributed by atoms with van der Waals surface area (Å²) in [5.74, 6) is -1.68. The van der Waals surface area contributed by atoms with Crippen LogP contribution in [0.3, 0.4) is 0 Å². The molecule has 0 bridgehead atoms. The quantitative estimate of drug-likeness (QED) is 0.495. The zero-order valence-electron chi connectivity index (χ0n) is 15.9. The lowest BCUT2D eigenvalue weighted by Gasteiger charge is -2.13. The zero-order valence-corrected chi connectivity index (χ0v) is 16.6. The summed E-state index contributed by atoms with van der Waals surface area (Å²) in [5.41, 5.74) is 0. The first-order valence-electron chi connectivity index (χ1n) is 9.01. The largest absolute Gasteiger partial charge is 0.484 e. The van der Waals surface area contributed by atoms with Crippen molar-refractivity contribution >= 4 is 23.4 Å². The molecule has 0 saturated carbocycles. The number of hydrogen-bond donors (Lipinski definition) is 3. The molecule has 30 heavy (non-hydrogen) atoms. The predicted molar refractivity (Wildman–Crippen MR) is 105 cm³/mol. The molecule has 0 aliphatic rings. The molecule has 0 radical (unpaired) electrons. The summed E-state index contributed by atoms with van der Waals surface area (Å²) < 4.78 is 36.6. The van der Waals surface area contributed by atoms with E-state index in [0.29, 0.717) is 0 Å². The number of nitrogens with one attached hydrogen (secondary N) is 2. The summed E-state index contributed by atoms with van der Waals surface area (Å²) in [6.07, 6.45) is -0.707. The van der Waals surface area contributed by atoms with Crippen LogP contribution in [0.1, 0.15) is 6.42 Å². The molecule has 0 aliphatic carbocycles. The van der Waals surface area contributed by atoms with Gasteiger partial charge in [0.2, 0.25) is 0 Å². The van der Waals surface area contributed by atoms with Crippen molar-refractivity contribution in [1.29, 1.82) is 0 Å². The maximum Gasteiger partial charge on any atom is 0.258 e. The van der Waals surface area contributed by atoms with Gasteiger partial charge >= 0.3 is 0 Å². The van der Waals surface area contributed by atoms with Gasteiger partial charge in [-0.05, 0) is 30.7 Å². The lowest BCUT2D eigenvalue weighted by molar-refractivity contribution is -0.124. The topological polar surface area (TPSA) is 96.9 Å². The third-order valence-corrected chi connectivity index (χ3v) is 4.07. The van der Waals surface area contributed by atoms with Crippen LogP contribution in [-0.2, 0) is 9.59 Å². The first-order valence-corrected chi connectivity index (χ1v) is 9.39. The number of benzene rings is 2. The molecule has 0 unspecified atom stereocenters. The van der Waals surface area contributed by atoms with E-state index in [1.165, 1.54) is 30.3 Å². The maximum atomic E-state index is 13.3. The maximum absolute atomic E-state index is 13.3. The standard InChI is InChI=1S/C20H21ClF2N2O5/c21-17-5-4-16(9-18(17)23)30-11-19(27)24-7-6-14(26)10-25-20(28)12-29-15-3-1-2-13(22)8-15/h1-5,8-9,14,26H,6-7,10-12H2,(H,24,27)(H,25,28)/t14-/m0/s1. The van der Waals surface area contributed by atoms with E-state index in [1.54, 1.807) is 0 Å². The molecule has 0 heterocycles. The fraction of sp³-hybridized carbons (Fsp3) is 0.300. The Labute approximate surface area is 176 Å². The normalized spacial score (nSPS) is 11.5. The van der Waals surface area contributed by atoms with Gasteiger partial charge in [0.25, 0.3) is 11.8 Å². The van der Waals surface area contributed by atoms with Crippen LogP contribution in [0.2, 0.25) is 5.02 Å². The van der Waals surface area contributed by atoms with Crippen LogP contribution >= 0.6 is 11.6 Å². The first kappa shape index (κ1) is 23.4. The number of hydrogen-bond acceptors (Lipinski definition) is 5. The highest BCUT2D eigenvalue weighted by molar-refractivity contribution is 6.30. The van der Waals surface area contributed by atoms with E-state index in [4.69, 9.17) is 21.1 Å². The molecule has 2 aromatic carbocycles. The van der Waals surface area contributed by atoms with E-state index in [0.717, 1.165) is 12.1 Å². The molecule has 7 nitrogen and oxygen atoms in total. The number of aliphatic hydroxyl groups excluding tert-OH is 1. The summed E-state index contributed by atoms with van der Waals surface area (Å²) in [4.78, 5) is 23.4. The molecule has 1 atom stereocenters. The fourth-order valence-corrected chi connectivity index (χ4v) is 2.35. The molecule has 0 aliphatic heterocycles. The van der Waals surface area contributed by atoms with Gasteiger partial charge < -0.3 is 25.2 Å². The molecular formula is C20H21ClF2N2O5. The van der Waals surface area contributed by atoms with E-state index >= 15 is 0 Å². The van der Waals surface area contributed by atoms with Crippen LogP contribution in [0.15, 0.2) is 42.5 Å². The molecule has 10 heteroatoms. The Morgan fingerprint density at radius 2 is 1.67 bits per heavy atom. The van der Waals surface area contributed by atoms with Crippen molar-refractivity contribution < 1.29 is 33.0 Å². The predicted octanol–water partition coefficient (Wildman–Crippen LogP) is 2.06. The Hall–Kier alpha value is -2.91. The number of halogens is 3. The van der Waals surface area contributed by atoms with Crippen LogP contribution in [0.25, 0.3) is 0 Å². The van der Waals surface area contributed by atoms with Gasteiger partial charge in [0, 0.05) is 25.2 Å². The molecule has 0 spiro atoms. The van der Waals surface area contributed by atoms with Gasteiger partial charge in [0.05, 0.1) is 11.1 Å². The second-order valence-electron chi connectivity index (χ2n) is 6.21. The van der Waals surface area contributed by atoms with E-state index in [9.17, 15) is 23.5 Å². The number of carbonyl (C=O) groups is 2. The van der Waals surface area contributed by atoms with Gasteiger partial charge in [0.1, 0.15) is 23.1 Å². The third kappa shape index (κ3) is 8.62. The highest BCUT2D eigenvalue weighted by Gasteiger charge is 2.10. The highest BCUT2D eigenvalue weighted by Crippen LogP contribution is 2.20. The molecule has 0 aromatic heterocycles. The van der Waals surface area contributed by atoms with Crippen molar-refractivity contribution in [3.8, 4) is 11.5 Å². The first-order chi connectivity index (χ1) is 14.3. The average molecular weight is 443 g/mol. The van der Waals surface area contributed by atoms with Crippen molar-refractivity contribution in [2.45, 2.75) is 12.5 Å². The van der Waals surface area contributed by atoms with Gasteiger partial charge in [-0.25, -0.2) is 8.78 Å². The minimum atomic E-state index is -0.894. The van der Waals surface area contributed by atoms with E-state index < -0.39 is 29.6 Å². The number of carbonyl (C=O) groups excluding carboxylic acids is 2. The number of rotatable bonds is 11. The van der Waals surface area contributed by atoms with Crippen molar-refractivity contribution in [2.24, 2.45) is 0 Å². The number of ether oxygens (including phenoxy) is 2. The van der Waals surface area contributed by atoms with Gasteiger partial charge in [-0.3, -0.25) is 9.59 Å². The third-order valence-electron chi connectivity index (χ3n) is 3.76. The molecule has 2 amide bonds. The molecule has 0 fully saturated rings. The molecule has 3 N–H and O–H groups in total. The lowest BCUT2D eigenvalue weighted by Crippen LogP contribution is -2.37. The zero-order chi connectivity index (χ0) is 21.9. The minimum Gasteiger partial charge on any atom is -0.484 e. The second kappa shape index (κ2) is 11.9.